The molecule has 0 aliphatic carbocycles. The molecule has 10 heavy (non-hydrogen) atoms. The van der Waals surface area contributed by atoms with Crippen LogP contribution in [0, 0.1) is 0 Å². The third-order valence-electron chi connectivity index (χ3n) is 1.41. The second-order valence-electron chi connectivity index (χ2n) is 2.16. The molecule has 0 amide bonds. The molecule has 0 fully saturated rings. The number of nitrogens with zero attached hydrogens (tertiary/aromatic N) is 2. The summed E-state index contributed by atoms with van der Waals surface area (Å²) in [7, 11) is 0. The van der Waals surface area contributed by atoms with Crippen molar-refractivity contribution in [2.75, 3.05) is 5.73 Å². The summed E-state index contributed by atoms with van der Waals surface area (Å²) in [6.07, 6.45) is 1.70. The first kappa shape index (κ1) is 5.29. The first-order valence-electron chi connectivity index (χ1n) is 3.00. The van der Waals surface area contributed by atoms with E-state index in [-0.39, 0.29) is 0 Å². The van der Waals surface area contributed by atoms with Crippen LogP contribution in [0.15, 0.2) is 23.3 Å². The number of anilines is 1. The smallest absolute Gasteiger partial charge is 0.0946 e. The van der Waals surface area contributed by atoms with Crippen LogP contribution in [0.1, 0.15) is 5.56 Å². The third kappa shape index (κ3) is 0.639. The van der Waals surface area contributed by atoms with E-state index >= 15 is 0 Å². The Morgan fingerprint density at radius 1 is 1.30 bits per heavy atom. The third-order valence-corrected chi connectivity index (χ3v) is 1.41. The van der Waals surface area contributed by atoms with E-state index in [1.165, 1.54) is 0 Å². The highest BCUT2D eigenvalue weighted by Crippen LogP contribution is 2.20. The van der Waals surface area contributed by atoms with E-state index in [2.05, 4.69) is 10.5 Å². The lowest BCUT2D eigenvalue weighted by Crippen LogP contribution is -1.87. The van der Waals surface area contributed by atoms with Gasteiger partial charge in [-0.05, 0) is 18.2 Å². The number of nitrogen functional groups attached to an aromatic ring is 1. The number of rotatable bonds is 0. The van der Waals surface area contributed by atoms with E-state index in [9.17, 15) is 0 Å². The number of nitrogens with two attached hydrogens (primary N) is 1. The van der Waals surface area contributed by atoms with Crippen molar-refractivity contribution in [3.8, 4) is 0 Å². The average Bonchev–Trinajstić information content (AvgIpc) is 2.33. The molecule has 0 saturated heterocycles. The van der Waals surface area contributed by atoms with Gasteiger partial charge in [-0.25, -0.2) is 0 Å². The molecule has 1 aliphatic rings. The second kappa shape index (κ2) is 1.73. The van der Waals surface area contributed by atoms with Crippen LogP contribution in [0.5, 0.6) is 0 Å². The van der Waals surface area contributed by atoms with E-state index in [0.29, 0.717) is 0 Å². The van der Waals surface area contributed by atoms with Crippen molar-refractivity contribution in [2.24, 2.45) is 5.10 Å². The summed E-state index contributed by atoms with van der Waals surface area (Å²) >= 11 is 0. The van der Waals surface area contributed by atoms with Gasteiger partial charge in [0.1, 0.15) is 0 Å². The number of hydrogen-bond donors (Lipinski definition) is 1. The normalized spacial score (nSPS) is 12.8. The molecule has 0 aromatic heterocycles. The number of fused-ring (bicyclic) bond motifs is 1. The molecule has 3 heteroatoms. The van der Waals surface area contributed by atoms with Crippen molar-refractivity contribution < 1.29 is 0 Å². The number of hydrogen-bond acceptors (Lipinski definition) is 2. The summed E-state index contributed by atoms with van der Waals surface area (Å²) in [5.74, 6) is 0. The average molecular weight is 132 g/mol. The zero-order valence-corrected chi connectivity index (χ0v) is 5.28. The Hall–Kier alpha value is -1.51. The van der Waals surface area contributed by atoms with Gasteiger partial charge in [-0.2, -0.15) is 10.5 Å². The van der Waals surface area contributed by atoms with Crippen molar-refractivity contribution in [3.63, 3.8) is 0 Å². The first-order chi connectivity index (χ1) is 4.86. The highest BCUT2D eigenvalue weighted by molar-refractivity contribution is 5.90. The summed E-state index contributed by atoms with van der Waals surface area (Å²) in [5.41, 5.74) is 12.0. The molecule has 2 N–H and O–H groups in total. The van der Waals surface area contributed by atoms with Gasteiger partial charge in [-0.3, -0.25) is 0 Å². The molecule has 0 bridgehead atoms. The molecular weight excluding hydrogens is 126 g/mol. The second-order valence-corrected chi connectivity index (χ2v) is 2.16. The Kier molecular flexibility index (Phi) is 0.917. The van der Waals surface area contributed by atoms with Crippen LogP contribution >= 0.6 is 0 Å². The van der Waals surface area contributed by atoms with E-state index in [1.54, 1.807) is 6.21 Å². The zero-order valence-electron chi connectivity index (χ0n) is 5.28. The van der Waals surface area contributed by atoms with Gasteiger partial charge >= 0.3 is 0 Å². The Bertz CT molecular complexity index is 291. The van der Waals surface area contributed by atoms with Gasteiger partial charge in [0, 0.05) is 11.3 Å². The molecule has 1 aliphatic heterocycles. The van der Waals surface area contributed by atoms with Crippen LogP contribution in [0.3, 0.4) is 0 Å². The molecule has 0 unspecified atom stereocenters. The van der Waals surface area contributed by atoms with Gasteiger partial charge in [-0.15, -0.1) is 0 Å². The van der Waals surface area contributed by atoms with E-state index in [1.807, 2.05) is 18.2 Å². The van der Waals surface area contributed by atoms with Gasteiger partial charge in [0.25, 0.3) is 0 Å². The quantitative estimate of drug-likeness (QED) is 0.523. The molecule has 1 heterocycles. The molecular formula is C7H6N3. The predicted octanol–water partition coefficient (Wildman–Crippen LogP) is 0.852. The van der Waals surface area contributed by atoms with E-state index in [4.69, 9.17) is 5.73 Å². The molecule has 0 saturated carbocycles. The van der Waals surface area contributed by atoms with Crippen molar-refractivity contribution >= 4 is 17.6 Å². The highest BCUT2D eigenvalue weighted by atomic mass is 15.3. The summed E-state index contributed by atoms with van der Waals surface area (Å²) < 4.78 is 0. The van der Waals surface area contributed by atoms with Gasteiger partial charge < -0.3 is 5.73 Å². The van der Waals surface area contributed by atoms with Crippen molar-refractivity contribution in [1.82, 2.24) is 5.43 Å². The lowest BCUT2D eigenvalue weighted by Gasteiger charge is -1.94. The molecule has 49 valence electrons. The van der Waals surface area contributed by atoms with Crippen LogP contribution in [-0.4, -0.2) is 6.21 Å². The van der Waals surface area contributed by atoms with Crippen molar-refractivity contribution in [2.45, 2.75) is 0 Å². The van der Waals surface area contributed by atoms with Crippen molar-refractivity contribution in [1.29, 1.82) is 0 Å². The Balaban J connectivity index is 2.60. The Labute approximate surface area is 58.5 Å². The van der Waals surface area contributed by atoms with E-state index < -0.39 is 0 Å². The SMILES string of the molecule is Nc1ccc2c(c1)C=N[N]2. The fourth-order valence-corrected chi connectivity index (χ4v) is 0.921. The van der Waals surface area contributed by atoms with Crippen LogP contribution in [0.25, 0.3) is 0 Å². The van der Waals surface area contributed by atoms with Crippen LogP contribution in [-0.2, 0) is 0 Å². The van der Waals surface area contributed by atoms with Gasteiger partial charge in [-0.1, -0.05) is 0 Å². The maximum Gasteiger partial charge on any atom is 0.0946 e. The van der Waals surface area contributed by atoms with Gasteiger partial charge in [0.15, 0.2) is 0 Å². The van der Waals surface area contributed by atoms with Gasteiger partial charge in [0.05, 0.1) is 11.9 Å². The fourth-order valence-electron chi connectivity index (χ4n) is 0.921. The molecule has 3 nitrogen and oxygen atoms in total. The predicted molar refractivity (Wildman–Crippen MR) is 40.2 cm³/mol. The summed E-state index contributed by atoms with van der Waals surface area (Å²) in [4.78, 5) is 0. The molecule has 1 aromatic rings. The standard InChI is InChI=1S/C7H6N3/c8-6-1-2-7-5(3-6)4-9-10-7/h1-4H,8H2. The summed E-state index contributed by atoms with van der Waals surface area (Å²) in [6.45, 7) is 0. The van der Waals surface area contributed by atoms with Crippen LogP contribution < -0.4 is 11.2 Å². The molecule has 0 atom stereocenters. The highest BCUT2D eigenvalue weighted by Gasteiger charge is 2.05. The van der Waals surface area contributed by atoms with Gasteiger partial charge in [0.2, 0.25) is 0 Å². The minimum absolute atomic E-state index is 0.752. The van der Waals surface area contributed by atoms with E-state index in [0.717, 1.165) is 16.9 Å². The molecule has 1 radical (unpaired) electrons. The monoisotopic (exact) mass is 132 g/mol. The fraction of sp³-hybridized carbons (Fsp3) is 0. The summed E-state index contributed by atoms with van der Waals surface area (Å²) in [5, 5.41) is 3.74. The minimum Gasteiger partial charge on any atom is -0.399 e. The molecule has 1 aromatic carbocycles. The lowest BCUT2D eigenvalue weighted by molar-refractivity contribution is 0.992. The van der Waals surface area contributed by atoms with Crippen LogP contribution in [0.2, 0.25) is 0 Å². The topological polar surface area (TPSA) is 52.5 Å². The largest absolute Gasteiger partial charge is 0.399 e. The Morgan fingerprint density at radius 3 is 3.10 bits per heavy atom. The first-order valence-corrected chi connectivity index (χ1v) is 3.00. The maximum absolute atomic E-state index is 5.53. The molecule has 2 rings (SSSR count). The van der Waals surface area contributed by atoms with Crippen LogP contribution in [0.4, 0.5) is 11.4 Å². The zero-order chi connectivity index (χ0) is 6.97. The summed E-state index contributed by atoms with van der Waals surface area (Å²) in [6, 6.07) is 5.53. The molecule has 0 spiro atoms. The maximum atomic E-state index is 5.53. The number of benzene rings is 1. The van der Waals surface area contributed by atoms with Crippen molar-refractivity contribution in [3.05, 3.63) is 23.8 Å². The lowest BCUT2D eigenvalue weighted by atomic mass is 10.2. The Morgan fingerprint density at radius 2 is 2.20 bits per heavy atom. The minimum atomic E-state index is 0.752.